The average Bonchev–Trinajstić information content (AvgIpc) is 2.97. The molecule has 1 aliphatic rings. The van der Waals surface area contributed by atoms with E-state index in [2.05, 4.69) is 10.6 Å². The van der Waals surface area contributed by atoms with Crippen molar-refractivity contribution in [2.24, 2.45) is 0 Å². The molecule has 1 atom stereocenters. The molecule has 0 spiro atoms. The van der Waals surface area contributed by atoms with Crippen LogP contribution in [-0.4, -0.2) is 71.2 Å². The topological polar surface area (TPSA) is 104 Å². The van der Waals surface area contributed by atoms with Crippen molar-refractivity contribution in [2.45, 2.75) is 24.2 Å². The molecule has 2 rings (SSSR count). The largest absolute Gasteiger partial charge is 0.448 e. The van der Waals surface area contributed by atoms with Crippen LogP contribution in [0.3, 0.4) is 0 Å². The number of piperazine rings is 1. The standard InChI is InChI=1S/C14H21F3N4O4S.ClH/c1-9-10(7-12(25-9)26(23,24)18-2)13(22)20-8-11(14(15,16)17)21-5-3-19-4-6-21;/h7,11,18-19H,3-6,8H2,1-2H3,(H,20,22);1H. The van der Waals surface area contributed by atoms with Gasteiger partial charge < -0.3 is 15.1 Å². The molecule has 27 heavy (non-hydrogen) atoms. The maximum Gasteiger partial charge on any atom is 0.405 e. The Morgan fingerprint density at radius 1 is 1.37 bits per heavy atom. The van der Waals surface area contributed by atoms with Gasteiger partial charge in [-0.2, -0.15) is 13.2 Å². The first-order valence-corrected chi connectivity index (χ1v) is 9.38. The van der Waals surface area contributed by atoms with E-state index in [-0.39, 0.29) is 36.8 Å². The van der Waals surface area contributed by atoms with Gasteiger partial charge in [0.1, 0.15) is 11.8 Å². The van der Waals surface area contributed by atoms with E-state index >= 15 is 0 Å². The summed E-state index contributed by atoms with van der Waals surface area (Å²) >= 11 is 0. The predicted octanol–water partition coefficient (Wildman–Crippen LogP) is 0.484. The van der Waals surface area contributed by atoms with Crippen LogP contribution in [0.15, 0.2) is 15.6 Å². The van der Waals surface area contributed by atoms with Crippen LogP contribution in [0, 0.1) is 6.92 Å². The lowest BCUT2D eigenvalue weighted by Crippen LogP contribution is -2.57. The zero-order valence-corrected chi connectivity index (χ0v) is 16.4. The summed E-state index contributed by atoms with van der Waals surface area (Å²) in [5.41, 5.74) is -0.125. The van der Waals surface area contributed by atoms with E-state index in [0.717, 1.165) is 6.07 Å². The highest BCUT2D eigenvalue weighted by Crippen LogP contribution is 2.25. The van der Waals surface area contributed by atoms with Crippen LogP contribution in [0.4, 0.5) is 13.2 Å². The fourth-order valence-corrected chi connectivity index (χ4v) is 3.35. The molecule has 1 unspecified atom stereocenters. The monoisotopic (exact) mass is 434 g/mol. The summed E-state index contributed by atoms with van der Waals surface area (Å²) in [5.74, 6) is -0.824. The van der Waals surface area contributed by atoms with Gasteiger partial charge >= 0.3 is 6.18 Å². The first-order valence-electron chi connectivity index (χ1n) is 7.90. The van der Waals surface area contributed by atoms with Crippen LogP contribution in [0.2, 0.25) is 0 Å². The van der Waals surface area contributed by atoms with E-state index in [9.17, 15) is 26.4 Å². The lowest BCUT2D eigenvalue weighted by atomic mass is 10.2. The van der Waals surface area contributed by atoms with Crippen molar-refractivity contribution in [3.63, 3.8) is 0 Å². The average molecular weight is 435 g/mol. The highest BCUT2D eigenvalue weighted by Gasteiger charge is 2.44. The number of carbonyl (C=O) groups excluding carboxylic acids is 1. The number of hydrogen-bond acceptors (Lipinski definition) is 6. The molecule has 0 aromatic carbocycles. The molecular formula is C14H22ClF3N4O4S. The molecule has 0 bridgehead atoms. The number of carbonyl (C=O) groups is 1. The van der Waals surface area contributed by atoms with Gasteiger partial charge in [0.15, 0.2) is 0 Å². The van der Waals surface area contributed by atoms with E-state index in [4.69, 9.17) is 4.42 Å². The van der Waals surface area contributed by atoms with Gasteiger partial charge in [0.05, 0.1) is 5.56 Å². The van der Waals surface area contributed by atoms with Gasteiger partial charge in [-0.3, -0.25) is 9.69 Å². The normalized spacial score (nSPS) is 17.2. The molecule has 1 saturated heterocycles. The second-order valence-corrected chi connectivity index (χ2v) is 7.61. The smallest absolute Gasteiger partial charge is 0.405 e. The molecule has 0 saturated carbocycles. The van der Waals surface area contributed by atoms with Crippen LogP contribution in [0.5, 0.6) is 0 Å². The molecule has 0 aliphatic carbocycles. The minimum absolute atomic E-state index is 0. The highest BCUT2D eigenvalue weighted by atomic mass is 35.5. The minimum atomic E-state index is -4.50. The third-order valence-electron chi connectivity index (χ3n) is 4.10. The molecule has 1 fully saturated rings. The van der Waals surface area contributed by atoms with Crippen molar-refractivity contribution in [3.05, 3.63) is 17.4 Å². The fourth-order valence-electron chi connectivity index (χ4n) is 2.64. The number of hydrogen-bond donors (Lipinski definition) is 3. The number of amides is 1. The van der Waals surface area contributed by atoms with Crippen molar-refractivity contribution >= 4 is 28.3 Å². The third kappa shape index (κ3) is 5.82. The second kappa shape index (κ2) is 9.24. The molecule has 1 aromatic heterocycles. The van der Waals surface area contributed by atoms with Gasteiger partial charge in [-0.25, -0.2) is 13.1 Å². The maximum absolute atomic E-state index is 13.3. The van der Waals surface area contributed by atoms with Gasteiger partial charge in [-0.05, 0) is 14.0 Å². The van der Waals surface area contributed by atoms with Crippen molar-refractivity contribution in [1.82, 2.24) is 20.3 Å². The van der Waals surface area contributed by atoms with Crippen LogP contribution in [-0.2, 0) is 10.0 Å². The molecule has 156 valence electrons. The zero-order chi connectivity index (χ0) is 19.5. The molecule has 0 radical (unpaired) electrons. The van der Waals surface area contributed by atoms with E-state index in [1.165, 1.54) is 18.9 Å². The summed E-state index contributed by atoms with van der Waals surface area (Å²) in [5, 5.41) is 4.73. The molecular weight excluding hydrogens is 413 g/mol. The van der Waals surface area contributed by atoms with E-state index in [1.807, 2.05) is 4.72 Å². The van der Waals surface area contributed by atoms with E-state index < -0.39 is 39.8 Å². The molecule has 8 nitrogen and oxygen atoms in total. The first kappa shape index (κ1) is 23.7. The van der Waals surface area contributed by atoms with E-state index in [0.29, 0.717) is 13.1 Å². The SMILES string of the molecule is CNS(=O)(=O)c1cc(C(=O)NCC(N2CCNCC2)C(F)(F)F)c(C)o1.Cl. The number of nitrogens with one attached hydrogen (secondary N) is 3. The second-order valence-electron chi connectivity index (χ2n) is 5.80. The highest BCUT2D eigenvalue weighted by molar-refractivity contribution is 7.89. The van der Waals surface area contributed by atoms with Crippen LogP contribution < -0.4 is 15.4 Å². The molecule has 3 N–H and O–H groups in total. The Hall–Kier alpha value is -1.34. The fraction of sp³-hybridized carbons (Fsp3) is 0.643. The minimum Gasteiger partial charge on any atom is -0.448 e. The van der Waals surface area contributed by atoms with Crippen LogP contribution >= 0.6 is 12.4 Å². The number of rotatable bonds is 6. The Balaban J connectivity index is 0.00000364. The van der Waals surface area contributed by atoms with Crippen molar-refractivity contribution in [2.75, 3.05) is 39.8 Å². The summed E-state index contributed by atoms with van der Waals surface area (Å²) < 4.78 is 70.4. The van der Waals surface area contributed by atoms with Gasteiger partial charge in [0.2, 0.25) is 5.09 Å². The Morgan fingerprint density at radius 3 is 2.48 bits per heavy atom. The maximum atomic E-state index is 13.3. The Labute approximate surface area is 161 Å². The summed E-state index contributed by atoms with van der Waals surface area (Å²) in [4.78, 5) is 13.5. The number of furan rings is 1. The number of halogens is 4. The summed E-state index contributed by atoms with van der Waals surface area (Å²) in [6.45, 7) is 2.03. The molecule has 1 amide bonds. The summed E-state index contributed by atoms with van der Waals surface area (Å²) in [6.07, 6.45) is -4.50. The Bertz CT molecular complexity index is 748. The van der Waals surface area contributed by atoms with Crippen molar-refractivity contribution in [3.8, 4) is 0 Å². The van der Waals surface area contributed by atoms with E-state index in [1.54, 1.807) is 0 Å². The zero-order valence-electron chi connectivity index (χ0n) is 14.7. The first-order chi connectivity index (χ1) is 12.1. The van der Waals surface area contributed by atoms with Gasteiger partial charge in [-0.15, -0.1) is 12.4 Å². The number of nitrogens with zero attached hydrogens (tertiary/aromatic N) is 1. The molecule has 1 aromatic rings. The Morgan fingerprint density at radius 2 is 1.96 bits per heavy atom. The number of aryl methyl sites for hydroxylation is 1. The molecule has 1 aliphatic heterocycles. The van der Waals surface area contributed by atoms with Gasteiger partial charge in [-0.1, -0.05) is 0 Å². The lowest BCUT2D eigenvalue weighted by Gasteiger charge is -2.35. The van der Waals surface area contributed by atoms with Gasteiger partial charge in [0.25, 0.3) is 15.9 Å². The Kier molecular flexibility index (Phi) is 8.11. The quantitative estimate of drug-likeness (QED) is 0.602. The van der Waals surface area contributed by atoms with Crippen LogP contribution in [0.25, 0.3) is 0 Å². The predicted molar refractivity (Wildman–Crippen MR) is 93.6 cm³/mol. The summed E-state index contributed by atoms with van der Waals surface area (Å²) in [6, 6.07) is -0.828. The van der Waals surface area contributed by atoms with Crippen molar-refractivity contribution in [1.29, 1.82) is 0 Å². The molecule has 13 heteroatoms. The molecule has 2 heterocycles. The number of alkyl halides is 3. The van der Waals surface area contributed by atoms with Crippen LogP contribution in [0.1, 0.15) is 16.1 Å². The lowest BCUT2D eigenvalue weighted by molar-refractivity contribution is -0.183. The van der Waals surface area contributed by atoms with Crippen molar-refractivity contribution < 1.29 is 30.8 Å². The number of sulfonamides is 1. The van der Waals surface area contributed by atoms with Gasteiger partial charge in [0, 0.05) is 38.8 Å². The summed E-state index contributed by atoms with van der Waals surface area (Å²) in [7, 11) is -2.72. The third-order valence-corrected chi connectivity index (χ3v) is 5.37.